The number of benzene rings is 2. The number of carbonyl (C=O) groups is 1. The molecule has 3 aromatic rings. The standard InChI is InChI=1S/C17H12BrFN2O2/c1-21-9-13(16(22)12-6-3-7-14(19)15(12)21)17(23)20-11-5-2-4-10(18)8-11/h2-9H,1H3,(H,20,23). The van der Waals surface area contributed by atoms with Gasteiger partial charge in [-0.05, 0) is 30.3 Å². The number of nitrogens with zero attached hydrogens (tertiary/aromatic N) is 1. The molecule has 0 atom stereocenters. The number of rotatable bonds is 2. The van der Waals surface area contributed by atoms with Crippen LogP contribution >= 0.6 is 15.9 Å². The summed E-state index contributed by atoms with van der Waals surface area (Å²) >= 11 is 3.32. The van der Waals surface area contributed by atoms with E-state index < -0.39 is 17.2 Å². The van der Waals surface area contributed by atoms with E-state index in [2.05, 4.69) is 21.2 Å². The Morgan fingerprint density at radius 3 is 2.70 bits per heavy atom. The highest BCUT2D eigenvalue weighted by Gasteiger charge is 2.16. The normalized spacial score (nSPS) is 10.7. The lowest BCUT2D eigenvalue weighted by atomic mass is 10.1. The van der Waals surface area contributed by atoms with Crippen molar-refractivity contribution in [2.75, 3.05) is 5.32 Å². The van der Waals surface area contributed by atoms with Crippen molar-refractivity contribution in [3.63, 3.8) is 0 Å². The van der Waals surface area contributed by atoms with E-state index in [-0.39, 0.29) is 16.5 Å². The molecule has 0 spiro atoms. The zero-order chi connectivity index (χ0) is 16.6. The van der Waals surface area contributed by atoms with Gasteiger partial charge < -0.3 is 9.88 Å². The van der Waals surface area contributed by atoms with Crippen LogP contribution in [0.2, 0.25) is 0 Å². The monoisotopic (exact) mass is 374 g/mol. The lowest BCUT2D eigenvalue weighted by Gasteiger charge is -2.10. The molecule has 23 heavy (non-hydrogen) atoms. The van der Waals surface area contributed by atoms with E-state index in [1.165, 1.54) is 29.0 Å². The first kappa shape index (κ1) is 15.4. The van der Waals surface area contributed by atoms with Crippen LogP contribution in [0.5, 0.6) is 0 Å². The number of hydrogen-bond donors (Lipinski definition) is 1. The third-order valence-electron chi connectivity index (χ3n) is 3.48. The predicted molar refractivity (Wildman–Crippen MR) is 91.2 cm³/mol. The molecule has 0 saturated carbocycles. The molecule has 1 heterocycles. The van der Waals surface area contributed by atoms with Crippen molar-refractivity contribution in [3.05, 3.63) is 74.7 Å². The Hall–Kier alpha value is -2.47. The van der Waals surface area contributed by atoms with Gasteiger partial charge in [0, 0.05) is 28.8 Å². The van der Waals surface area contributed by atoms with Gasteiger partial charge in [-0.2, -0.15) is 0 Å². The number of aryl methyl sites for hydroxylation is 1. The number of anilines is 1. The summed E-state index contributed by atoms with van der Waals surface area (Å²) in [5.41, 5.74) is 0.206. The van der Waals surface area contributed by atoms with E-state index in [1.807, 2.05) is 6.07 Å². The minimum atomic E-state index is -0.533. The van der Waals surface area contributed by atoms with Gasteiger partial charge in [-0.3, -0.25) is 9.59 Å². The number of hydrogen-bond acceptors (Lipinski definition) is 2. The average molecular weight is 375 g/mol. The van der Waals surface area contributed by atoms with Crippen LogP contribution in [-0.2, 0) is 7.05 Å². The molecule has 0 bridgehead atoms. The fraction of sp³-hybridized carbons (Fsp3) is 0.0588. The number of carbonyl (C=O) groups excluding carboxylic acids is 1. The molecule has 116 valence electrons. The third-order valence-corrected chi connectivity index (χ3v) is 3.97. The minimum absolute atomic E-state index is 0.0365. The Morgan fingerprint density at radius 2 is 1.96 bits per heavy atom. The van der Waals surface area contributed by atoms with Gasteiger partial charge in [-0.25, -0.2) is 4.39 Å². The predicted octanol–water partition coefficient (Wildman–Crippen LogP) is 3.69. The molecular formula is C17H12BrFN2O2. The number of nitrogens with one attached hydrogen (secondary N) is 1. The summed E-state index contributed by atoms with van der Waals surface area (Å²) < 4.78 is 16.1. The first-order chi connectivity index (χ1) is 11.0. The molecule has 1 N–H and O–H groups in total. The minimum Gasteiger partial charge on any atom is -0.347 e. The maximum atomic E-state index is 13.9. The van der Waals surface area contributed by atoms with E-state index in [1.54, 1.807) is 25.2 Å². The zero-order valence-corrected chi connectivity index (χ0v) is 13.7. The second-order valence-electron chi connectivity index (χ2n) is 5.08. The van der Waals surface area contributed by atoms with Crippen LogP contribution in [0.25, 0.3) is 10.9 Å². The fourth-order valence-corrected chi connectivity index (χ4v) is 2.84. The Labute approximate surface area is 139 Å². The molecule has 0 radical (unpaired) electrons. The van der Waals surface area contributed by atoms with Crippen LogP contribution < -0.4 is 10.7 Å². The van der Waals surface area contributed by atoms with Crippen LogP contribution in [0.3, 0.4) is 0 Å². The van der Waals surface area contributed by atoms with Crippen LogP contribution in [0.1, 0.15) is 10.4 Å². The van der Waals surface area contributed by atoms with Crippen molar-refractivity contribution in [1.82, 2.24) is 4.57 Å². The van der Waals surface area contributed by atoms with Gasteiger partial charge in [0.2, 0.25) is 5.43 Å². The summed E-state index contributed by atoms with van der Waals surface area (Å²) in [7, 11) is 1.60. The molecule has 4 nitrogen and oxygen atoms in total. The molecule has 0 aliphatic carbocycles. The largest absolute Gasteiger partial charge is 0.347 e. The molecule has 0 aliphatic heterocycles. The summed E-state index contributed by atoms with van der Waals surface area (Å²) in [4.78, 5) is 24.9. The smallest absolute Gasteiger partial charge is 0.261 e. The third kappa shape index (κ3) is 2.90. The van der Waals surface area contributed by atoms with E-state index in [9.17, 15) is 14.0 Å². The maximum absolute atomic E-state index is 13.9. The van der Waals surface area contributed by atoms with Crippen LogP contribution in [0, 0.1) is 5.82 Å². The lowest BCUT2D eigenvalue weighted by Crippen LogP contribution is -2.23. The second kappa shape index (κ2) is 5.96. The number of fused-ring (bicyclic) bond motifs is 1. The molecule has 0 unspecified atom stereocenters. The fourth-order valence-electron chi connectivity index (χ4n) is 2.45. The molecule has 1 amide bonds. The SMILES string of the molecule is Cn1cc(C(=O)Nc2cccc(Br)c2)c(=O)c2cccc(F)c21. The van der Waals surface area contributed by atoms with Crippen molar-refractivity contribution in [1.29, 1.82) is 0 Å². The van der Waals surface area contributed by atoms with Crippen LogP contribution in [0.15, 0.2) is 57.9 Å². The van der Waals surface area contributed by atoms with Crippen molar-refractivity contribution in [3.8, 4) is 0 Å². The van der Waals surface area contributed by atoms with Crippen LogP contribution in [-0.4, -0.2) is 10.5 Å². The van der Waals surface area contributed by atoms with Gasteiger partial charge >= 0.3 is 0 Å². The maximum Gasteiger partial charge on any atom is 0.261 e. The Morgan fingerprint density at radius 1 is 1.22 bits per heavy atom. The first-order valence-corrected chi connectivity index (χ1v) is 7.61. The quantitative estimate of drug-likeness (QED) is 0.743. The van der Waals surface area contributed by atoms with E-state index in [0.717, 1.165) is 4.47 Å². The van der Waals surface area contributed by atoms with Crippen molar-refractivity contribution >= 4 is 38.4 Å². The van der Waals surface area contributed by atoms with Gasteiger partial charge in [0.25, 0.3) is 5.91 Å². The summed E-state index contributed by atoms with van der Waals surface area (Å²) in [6.07, 6.45) is 1.35. The lowest BCUT2D eigenvalue weighted by molar-refractivity contribution is 0.102. The summed E-state index contributed by atoms with van der Waals surface area (Å²) in [5, 5.41) is 2.85. The Kier molecular flexibility index (Phi) is 4.00. The molecule has 3 rings (SSSR count). The van der Waals surface area contributed by atoms with E-state index in [0.29, 0.717) is 5.69 Å². The summed E-state index contributed by atoms with van der Waals surface area (Å²) in [6.45, 7) is 0. The van der Waals surface area contributed by atoms with Crippen molar-refractivity contribution in [2.24, 2.45) is 7.05 Å². The van der Waals surface area contributed by atoms with Gasteiger partial charge in [0.1, 0.15) is 11.4 Å². The molecular weight excluding hydrogens is 363 g/mol. The highest BCUT2D eigenvalue weighted by Crippen LogP contribution is 2.18. The highest BCUT2D eigenvalue weighted by atomic mass is 79.9. The van der Waals surface area contributed by atoms with E-state index in [4.69, 9.17) is 0 Å². The number of aromatic nitrogens is 1. The molecule has 0 saturated heterocycles. The number of halogens is 2. The zero-order valence-electron chi connectivity index (χ0n) is 12.1. The van der Waals surface area contributed by atoms with Gasteiger partial charge in [-0.15, -0.1) is 0 Å². The number of para-hydroxylation sites is 1. The summed E-state index contributed by atoms with van der Waals surface area (Å²) in [5.74, 6) is -1.03. The van der Waals surface area contributed by atoms with Crippen molar-refractivity contribution in [2.45, 2.75) is 0 Å². The Bertz CT molecular complexity index is 982. The van der Waals surface area contributed by atoms with Crippen LogP contribution in [0.4, 0.5) is 10.1 Å². The molecule has 2 aromatic carbocycles. The number of amides is 1. The topological polar surface area (TPSA) is 51.1 Å². The molecule has 6 heteroatoms. The Balaban J connectivity index is 2.08. The second-order valence-corrected chi connectivity index (χ2v) is 6.00. The summed E-state index contributed by atoms with van der Waals surface area (Å²) in [6, 6.07) is 11.3. The van der Waals surface area contributed by atoms with Crippen molar-refractivity contribution < 1.29 is 9.18 Å². The van der Waals surface area contributed by atoms with Gasteiger partial charge in [-0.1, -0.05) is 28.1 Å². The highest BCUT2D eigenvalue weighted by molar-refractivity contribution is 9.10. The average Bonchev–Trinajstić information content (AvgIpc) is 2.50. The van der Waals surface area contributed by atoms with E-state index >= 15 is 0 Å². The van der Waals surface area contributed by atoms with Gasteiger partial charge in [0.15, 0.2) is 0 Å². The molecule has 1 aromatic heterocycles. The first-order valence-electron chi connectivity index (χ1n) is 6.82. The molecule has 0 fully saturated rings. The number of pyridine rings is 1. The van der Waals surface area contributed by atoms with Gasteiger partial charge in [0.05, 0.1) is 5.52 Å². The molecule has 0 aliphatic rings.